The van der Waals surface area contributed by atoms with Gasteiger partial charge in [-0.05, 0) is 30.7 Å². The second kappa shape index (κ2) is 8.52. The molecule has 2 aromatic rings. The number of hydrogen-bond donors (Lipinski definition) is 0. The zero-order valence-corrected chi connectivity index (χ0v) is 15.0. The summed E-state index contributed by atoms with van der Waals surface area (Å²) in [7, 11) is 0. The predicted octanol–water partition coefficient (Wildman–Crippen LogP) is 4.18. The SMILES string of the molecule is C=CCOC(=O)/C(C#N)=C/c1c(C)nn(Cc2ccc(Cl)cc2)c1Cl. The van der Waals surface area contributed by atoms with E-state index < -0.39 is 5.97 Å². The van der Waals surface area contributed by atoms with Crippen LogP contribution >= 0.6 is 23.2 Å². The molecule has 25 heavy (non-hydrogen) atoms. The van der Waals surface area contributed by atoms with Gasteiger partial charge in [0.2, 0.25) is 0 Å². The lowest BCUT2D eigenvalue weighted by atomic mass is 10.1. The Morgan fingerprint density at radius 2 is 2.08 bits per heavy atom. The molecule has 1 heterocycles. The smallest absolute Gasteiger partial charge is 0.349 e. The molecule has 0 spiro atoms. The molecule has 0 fully saturated rings. The van der Waals surface area contributed by atoms with Crippen LogP contribution in [0.2, 0.25) is 10.2 Å². The van der Waals surface area contributed by atoms with Crippen LogP contribution in [-0.2, 0) is 16.1 Å². The van der Waals surface area contributed by atoms with Crippen molar-refractivity contribution in [1.29, 1.82) is 5.26 Å². The van der Waals surface area contributed by atoms with Crippen LogP contribution in [0.25, 0.3) is 6.08 Å². The third kappa shape index (κ3) is 4.72. The number of ether oxygens (including phenoxy) is 1. The number of rotatable bonds is 6. The molecule has 2 rings (SSSR count). The summed E-state index contributed by atoms with van der Waals surface area (Å²) < 4.78 is 6.47. The number of carbonyl (C=O) groups excluding carboxylic acids is 1. The van der Waals surface area contributed by atoms with Crippen LogP contribution in [0.5, 0.6) is 0 Å². The van der Waals surface area contributed by atoms with Crippen LogP contribution in [0.4, 0.5) is 0 Å². The molecule has 1 aromatic heterocycles. The first-order chi connectivity index (χ1) is 12.0. The Labute approximate surface area is 155 Å². The highest BCUT2D eigenvalue weighted by Crippen LogP contribution is 2.24. The van der Waals surface area contributed by atoms with Gasteiger partial charge in [-0.25, -0.2) is 9.48 Å². The van der Waals surface area contributed by atoms with Gasteiger partial charge in [-0.3, -0.25) is 0 Å². The first-order valence-electron chi connectivity index (χ1n) is 7.33. The largest absolute Gasteiger partial charge is 0.457 e. The van der Waals surface area contributed by atoms with E-state index in [-0.39, 0.29) is 12.2 Å². The number of nitrogens with zero attached hydrogens (tertiary/aromatic N) is 3. The van der Waals surface area contributed by atoms with E-state index in [2.05, 4.69) is 11.7 Å². The molecule has 0 saturated carbocycles. The lowest BCUT2D eigenvalue weighted by Crippen LogP contribution is -2.06. The summed E-state index contributed by atoms with van der Waals surface area (Å²) in [6.45, 7) is 5.67. The van der Waals surface area contributed by atoms with Crippen molar-refractivity contribution in [2.24, 2.45) is 0 Å². The fraction of sp³-hybridized carbons (Fsp3) is 0.167. The summed E-state index contributed by atoms with van der Waals surface area (Å²) in [5.74, 6) is -0.733. The summed E-state index contributed by atoms with van der Waals surface area (Å²) in [4.78, 5) is 11.8. The molecule has 0 aliphatic rings. The van der Waals surface area contributed by atoms with Crippen LogP contribution in [0.15, 0.2) is 42.5 Å². The van der Waals surface area contributed by atoms with Gasteiger partial charge in [0.1, 0.15) is 23.4 Å². The van der Waals surface area contributed by atoms with Gasteiger partial charge in [-0.1, -0.05) is 48.0 Å². The second-order valence-electron chi connectivity index (χ2n) is 5.13. The van der Waals surface area contributed by atoms with Gasteiger partial charge >= 0.3 is 5.97 Å². The highest BCUT2D eigenvalue weighted by Gasteiger charge is 2.16. The van der Waals surface area contributed by atoms with Crippen LogP contribution < -0.4 is 0 Å². The van der Waals surface area contributed by atoms with Crippen molar-refractivity contribution in [2.45, 2.75) is 13.5 Å². The van der Waals surface area contributed by atoms with Gasteiger partial charge in [0.25, 0.3) is 0 Å². The van der Waals surface area contributed by atoms with Crippen LogP contribution in [-0.4, -0.2) is 22.4 Å². The molecule has 0 atom stereocenters. The van der Waals surface area contributed by atoms with E-state index >= 15 is 0 Å². The van der Waals surface area contributed by atoms with Gasteiger partial charge in [-0.2, -0.15) is 10.4 Å². The van der Waals surface area contributed by atoms with Gasteiger partial charge in [0.15, 0.2) is 0 Å². The molecule has 0 amide bonds. The summed E-state index contributed by atoms with van der Waals surface area (Å²) in [5.41, 5.74) is 1.92. The highest BCUT2D eigenvalue weighted by molar-refractivity contribution is 6.31. The van der Waals surface area contributed by atoms with Gasteiger partial charge < -0.3 is 4.74 Å². The summed E-state index contributed by atoms with van der Waals surface area (Å²) in [6, 6.07) is 9.13. The zero-order valence-electron chi connectivity index (χ0n) is 13.5. The van der Waals surface area contributed by atoms with E-state index in [0.717, 1.165) is 5.56 Å². The van der Waals surface area contributed by atoms with Gasteiger partial charge in [0, 0.05) is 10.6 Å². The number of benzene rings is 1. The maximum atomic E-state index is 11.8. The summed E-state index contributed by atoms with van der Waals surface area (Å²) in [6.07, 6.45) is 2.81. The van der Waals surface area contributed by atoms with Crippen molar-refractivity contribution in [3.05, 3.63) is 69.5 Å². The standard InChI is InChI=1S/C18H15Cl2N3O2/c1-3-8-25-18(24)14(10-21)9-16-12(2)22-23(17(16)20)11-13-4-6-15(19)7-5-13/h3-7,9H,1,8,11H2,2H3/b14-9+. The Morgan fingerprint density at radius 1 is 1.40 bits per heavy atom. The molecule has 0 aliphatic carbocycles. The fourth-order valence-corrected chi connectivity index (χ4v) is 2.51. The van der Waals surface area contributed by atoms with Crippen molar-refractivity contribution in [2.75, 3.05) is 6.61 Å². The maximum Gasteiger partial charge on any atom is 0.349 e. The molecule has 5 nitrogen and oxygen atoms in total. The maximum absolute atomic E-state index is 11.8. The highest BCUT2D eigenvalue weighted by atomic mass is 35.5. The fourth-order valence-electron chi connectivity index (χ4n) is 2.09. The van der Waals surface area contributed by atoms with Crippen LogP contribution in [0.1, 0.15) is 16.8 Å². The van der Waals surface area contributed by atoms with Crippen molar-refractivity contribution in [3.63, 3.8) is 0 Å². The normalized spacial score (nSPS) is 11.0. The number of nitriles is 1. The Balaban J connectivity index is 2.30. The van der Waals surface area contributed by atoms with Crippen molar-refractivity contribution in [3.8, 4) is 6.07 Å². The predicted molar refractivity (Wildman–Crippen MR) is 97.3 cm³/mol. The minimum absolute atomic E-state index is 0.0282. The van der Waals surface area contributed by atoms with E-state index in [9.17, 15) is 10.1 Å². The number of hydrogen-bond acceptors (Lipinski definition) is 4. The monoisotopic (exact) mass is 375 g/mol. The number of halogens is 2. The third-order valence-corrected chi connectivity index (χ3v) is 3.97. The molecule has 0 unspecified atom stereocenters. The first-order valence-corrected chi connectivity index (χ1v) is 8.09. The Bertz CT molecular complexity index is 862. The number of esters is 1. The molecular formula is C18H15Cl2N3O2. The Hall–Kier alpha value is -2.55. The molecule has 0 radical (unpaired) electrons. The number of carbonyl (C=O) groups is 1. The molecule has 0 bridgehead atoms. The number of aryl methyl sites for hydroxylation is 1. The van der Waals surface area contributed by atoms with Crippen LogP contribution in [0, 0.1) is 18.3 Å². The second-order valence-corrected chi connectivity index (χ2v) is 5.93. The van der Waals surface area contributed by atoms with E-state index in [1.165, 1.54) is 12.2 Å². The quantitative estimate of drug-likeness (QED) is 0.328. The number of aromatic nitrogens is 2. The molecular weight excluding hydrogens is 361 g/mol. The van der Waals surface area contributed by atoms with E-state index in [1.54, 1.807) is 23.7 Å². The molecule has 7 heteroatoms. The van der Waals surface area contributed by atoms with Crippen molar-refractivity contribution >= 4 is 35.2 Å². The van der Waals surface area contributed by atoms with E-state index in [4.69, 9.17) is 27.9 Å². The Morgan fingerprint density at radius 3 is 2.68 bits per heavy atom. The Kier molecular flexibility index (Phi) is 6.40. The summed E-state index contributed by atoms with van der Waals surface area (Å²) >= 11 is 12.3. The minimum atomic E-state index is -0.733. The van der Waals surface area contributed by atoms with Gasteiger partial charge in [0.05, 0.1) is 12.2 Å². The first kappa shape index (κ1) is 18.8. The topological polar surface area (TPSA) is 67.9 Å². The average Bonchev–Trinajstić information content (AvgIpc) is 2.86. The summed E-state index contributed by atoms with van der Waals surface area (Å²) in [5, 5.41) is 14.5. The minimum Gasteiger partial charge on any atom is -0.457 e. The lowest BCUT2D eigenvalue weighted by molar-refractivity contribution is -0.137. The zero-order chi connectivity index (χ0) is 18.4. The van der Waals surface area contributed by atoms with Crippen molar-refractivity contribution < 1.29 is 9.53 Å². The lowest BCUT2D eigenvalue weighted by Gasteiger charge is -2.04. The molecule has 0 aliphatic heterocycles. The molecule has 1 aromatic carbocycles. The molecule has 0 N–H and O–H groups in total. The van der Waals surface area contributed by atoms with E-state index in [0.29, 0.717) is 28.0 Å². The van der Waals surface area contributed by atoms with E-state index in [1.807, 2.05) is 18.2 Å². The third-order valence-electron chi connectivity index (χ3n) is 3.32. The van der Waals surface area contributed by atoms with Crippen molar-refractivity contribution in [1.82, 2.24) is 9.78 Å². The molecule has 0 saturated heterocycles. The molecule has 128 valence electrons. The van der Waals surface area contributed by atoms with Gasteiger partial charge in [-0.15, -0.1) is 0 Å². The average molecular weight is 376 g/mol. The van der Waals surface area contributed by atoms with Crippen LogP contribution in [0.3, 0.4) is 0 Å².